The SMILES string of the molecule is CC.COC1=CCC(C(Cc2cc3c(cc2Cl)OCO3)C2=CN(C)C(N)=NC2)C=C1. The van der Waals surface area contributed by atoms with Crippen LogP contribution in [-0.2, 0) is 11.2 Å². The highest BCUT2D eigenvalue weighted by Crippen LogP contribution is 2.40. The predicted octanol–water partition coefficient (Wildman–Crippen LogP) is 4.50. The molecule has 6 nitrogen and oxygen atoms in total. The van der Waals surface area contributed by atoms with Gasteiger partial charge in [-0.3, -0.25) is 0 Å². The van der Waals surface area contributed by atoms with Gasteiger partial charge in [0.05, 0.1) is 13.7 Å². The number of hydrogen-bond donors (Lipinski definition) is 1. The Kier molecular flexibility index (Phi) is 7.32. The highest BCUT2D eigenvalue weighted by molar-refractivity contribution is 6.31. The number of fused-ring (bicyclic) bond motifs is 1. The first-order chi connectivity index (χ1) is 14.5. The molecule has 162 valence electrons. The van der Waals surface area contributed by atoms with E-state index in [1.165, 1.54) is 5.57 Å². The van der Waals surface area contributed by atoms with Gasteiger partial charge in [-0.2, -0.15) is 0 Å². The van der Waals surface area contributed by atoms with Crippen LogP contribution in [0.15, 0.2) is 52.9 Å². The number of rotatable bonds is 5. The van der Waals surface area contributed by atoms with Crippen LogP contribution in [0.1, 0.15) is 25.8 Å². The van der Waals surface area contributed by atoms with Crippen LogP contribution < -0.4 is 15.2 Å². The second-order valence-corrected chi connectivity index (χ2v) is 7.57. The number of guanidine groups is 1. The smallest absolute Gasteiger partial charge is 0.231 e. The van der Waals surface area contributed by atoms with Crippen molar-refractivity contribution in [3.63, 3.8) is 0 Å². The van der Waals surface area contributed by atoms with Crippen LogP contribution in [0.2, 0.25) is 5.02 Å². The van der Waals surface area contributed by atoms with Gasteiger partial charge in [0.2, 0.25) is 6.79 Å². The Bertz CT molecular complexity index is 892. The molecule has 2 N–H and O–H groups in total. The van der Waals surface area contributed by atoms with Crippen LogP contribution >= 0.6 is 11.6 Å². The molecular weight excluding hydrogens is 402 g/mol. The molecule has 1 aromatic carbocycles. The van der Waals surface area contributed by atoms with Crippen LogP contribution in [0, 0.1) is 11.8 Å². The van der Waals surface area contributed by atoms with E-state index >= 15 is 0 Å². The molecule has 0 amide bonds. The van der Waals surface area contributed by atoms with Crippen molar-refractivity contribution >= 4 is 17.6 Å². The van der Waals surface area contributed by atoms with E-state index in [9.17, 15) is 0 Å². The molecule has 0 saturated heterocycles. The van der Waals surface area contributed by atoms with Crippen molar-refractivity contribution in [3.8, 4) is 11.5 Å². The maximum atomic E-state index is 6.56. The summed E-state index contributed by atoms with van der Waals surface area (Å²) in [4.78, 5) is 6.34. The maximum Gasteiger partial charge on any atom is 0.231 e. The van der Waals surface area contributed by atoms with Gasteiger partial charge in [-0.25, -0.2) is 4.99 Å². The summed E-state index contributed by atoms with van der Waals surface area (Å²) >= 11 is 6.56. The van der Waals surface area contributed by atoms with E-state index in [0.29, 0.717) is 29.2 Å². The van der Waals surface area contributed by atoms with Crippen LogP contribution in [0.5, 0.6) is 11.5 Å². The molecule has 0 bridgehead atoms. The zero-order valence-electron chi connectivity index (χ0n) is 18.0. The quantitative estimate of drug-likeness (QED) is 0.743. The normalized spacial score (nSPS) is 20.5. The van der Waals surface area contributed by atoms with Crippen molar-refractivity contribution in [1.82, 2.24) is 4.90 Å². The van der Waals surface area contributed by atoms with Gasteiger partial charge in [0.15, 0.2) is 17.5 Å². The fourth-order valence-corrected chi connectivity index (χ4v) is 4.06. The third kappa shape index (κ3) is 4.75. The second kappa shape index (κ2) is 9.94. The first kappa shape index (κ1) is 22.1. The topological polar surface area (TPSA) is 69.3 Å². The molecule has 2 aliphatic heterocycles. The highest BCUT2D eigenvalue weighted by atomic mass is 35.5. The summed E-state index contributed by atoms with van der Waals surface area (Å²) in [6.07, 6.45) is 10.1. The minimum atomic E-state index is 0.225. The molecule has 0 aromatic heterocycles. The number of halogens is 1. The Labute approximate surface area is 183 Å². The van der Waals surface area contributed by atoms with Crippen molar-refractivity contribution in [1.29, 1.82) is 0 Å². The van der Waals surface area contributed by atoms with Crippen molar-refractivity contribution in [2.75, 3.05) is 27.5 Å². The van der Waals surface area contributed by atoms with Crippen LogP contribution in [0.4, 0.5) is 0 Å². The molecule has 2 atom stereocenters. The lowest BCUT2D eigenvalue weighted by molar-refractivity contribution is 0.174. The van der Waals surface area contributed by atoms with Crippen molar-refractivity contribution in [2.45, 2.75) is 26.7 Å². The van der Waals surface area contributed by atoms with Gasteiger partial charge in [0.25, 0.3) is 0 Å². The van der Waals surface area contributed by atoms with Gasteiger partial charge in [0.1, 0.15) is 5.76 Å². The van der Waals surface area contributed by atoms with Crippen LogP contribution in [0.3, 0.4) is 0 Å². The second-order valence-electron chi connectivity index (χ2n) is 7.17. The minimum absolute atomic E-state index is 0.225. The number of hydrogen-bond acceptors (Lipinski definition) is 6. The van der Waals surface area contributed by atoms with Gasteiger partial charge >= 0.3 is 0 Å². The molecule has 1 aliphatic carbocycles. The highest BCUT2D eigenvalue weighted by Gasteiger charge is 2.28. The Morgan fingerprint density at radius 1 is 1.30 bits per heavy atom. The monoisotopic (exact) mass is 431 g/mol. The standard InChI is InChI=1S/C21H24ClN3O3.C2H6/c1-25-11-15(10-24-21(25)23)17(13-3-5-16(26-2)6-4-13)7-14-8-19-20(9-18(14)22)28-12-27-19;1-2/h3,5-6,8-9,11,13,17H,4,7,10,12H2,1-2H3,(H2,23,24);1-2H3. The number of allylic oxidation sites excluding steroid dienone is 3. The van der Waals surface area contributed by atoms with E-state index < -0.39 is 0 Å². The van der Waals surface area contributed by atoms with Crippen molar-refractivity contribution in [2.24, 2.45) is 22.6 Å². The average molecular weight is 432 g/mol. The summed E-state index contributed by atoms with van der Waals surface area (Å²) in [5, 5.41) is 0.690. The molecule has 2 heterocycles. The van der Waals surface area contributed by atoms with Crippen molar-refractivity contribution < 1.29 is 14.2 Å². The van der Waals surface area contributed by atoms with Gasteiger partial charge in [-0.05, 0) is 54.0 Å². The summed E-state index contributed by atoms with van der Waals surface area (Å²) in [6.45, 7) is 4.83. The number of nitrogens with two attached hydrogens (primary N) is 1. The van der Waals surface area contributed by atoms with Crippen LogP contribution in [0.25, 0.3) is 0 Å². The van der Waals surface area contributed by atoms with Crippen LogP contribution in [-0.4, -0.2) is 38.4 Å². The Hall–Kier alpha value is -2.60. The Morgan fingerprint density at radius 3 is 2.67 bits per heavy atom. The fraction of sp³-hybridized carbons (Fsp3) is 0.435. The molecular formula is C23H30ClN3O3. The summed E-state index contributed by atoms with van der Waals surface area (Å²) < 4.78 is 16.3. The summed E-state index contributed by atoms with van der Waals surface area (Å²) in [5.74, 6) is 3.41. The van der Waals surface area contributed by atoms with E-state index in [1.54, 1.807) is 7.11 Å². The van der Waals surface area contributed by atoms with E-state index in [1.807, 2.05) is 44.0 Å². The molecule has 0 radical (unpaired) electrons. The van der Waals surface area contributed by atoms with Gasteiger partial charge in [-0.1, -0.05) is 31.5 Å². The Morgan fingerprint density at radius 2 is 2.03 bits per heavy atom. The summed E-state index contributed by atoms with van der Waals surface area (Å²) in [5.41, 5.74) is 8.20. The average Bonchev–Trinajstić information content (AvgIpc) is 3.22. The van der Waals surface area contributed by atoms with E-state index in [4.69, 9.17) is 31.5 Å². The fourth-order valence-electron chi connectivity index (χ4n) is 3.83. The van der Waals surface area contributed by atoms with Crippen molar-refractivity contribution in [3.05, 3.63) is 58.5 Å². The molecule has 0 fully saturated rings. The van der Waals surface area contributed by atoms with Gasteiger partial charge in [0, 0.05) is 24.3 Å². The number of nitrogens with zero attached hydrogens (tertiary/aromatic N) is 2. The first-order valence-corrected chi connectivity index (χ1v) is 10.7. The zero-order chi connectivity index (χ0) is 21.7. The molecule has 30 heavy (non-hydrogen) atoms. The molecule has 7 heteroatoms. The molecule has 2 unspecified atom stereocenters. The lowest BCUT2D eigenvalue weighted by Gasteiger charge is -2.31. The molecule has 3 aliphatic rings. The molecule has 1 aromatic rings. The van der Waals surface area contributed by atoms with E-state index in [2.05, 4.69) is 23.3 Å². The molecule has 0 spiro atoms. The summed E-state index contributed by atoms with van der Waals surface area (Å²) in [7, 11) is 3.61. The summed E-state index contributed by atoms with van der Waals surface area (Å²) in [6, 6.07) is 3.83. The largest absolute Gasteiger partial charge is 0.497 e. The predicted molar refractivity (Wildman–Crippen MR) is 121 cm³/mol. The van der Waals surface area contributed by atoms with Gasteiger partial charge < -0.3 is 24.8 Å². The number of methoxy groups -OCH3 is 1. The number of benzene rings is 1. The van der Waals surface area contributed by atoms with Gasteiger partial charge in [-0.15, -0.1) is 0 Å². The first-order valence-electron chi connectivity index (χ1n) is 10.3. The third-order valence-corrected chi connectivity index (χ3v) is 5.81. The van der Waals surface area contributed by atoms with E-state index in [-0.39, 0.29) is 12.7 Å². The third-order valence-electron chi connectivity index (χ3n) is 5.45. The molecule has 0 saturated carbocycles. The minimum Gasteiger partial charge on any atom is -0.497 e. The van der Waals surface area contributed by atoms with E-state index in [0.717, 1.165) is 29.9 Å². The lowest BCUT2D eigenvalue weighted by Crippen LogP contribution is -2.35. The maximum absolute atomic E-state index is 6.56. The number of aliphatic imine (C=N–C) groups is 1. The zero-order valence-corrected chi connectivity index (χ0v) is 18.8. The lowest BCUT2D eigenvalue weighted by atomic mass is 9.78. The number of ether oxygens (including phenoxy) is 3. The Balaban J connectivity index is 0.00000124. The molecule has 4 rings (SSSR count).